The zero-order valence-corrected chi connectivity index (χ0v) is 13.1. The van der Waals surface area contributed by atoms with Crippen molar-refractivity contribution >= 4 is 16.2 Å². The maximum atomic E-state index is 12.6. The third-order valence-corrected chi connectivity index (χ3v) is 5.64. The Bertz CT molecular complexity index is 615. The molecular weight excluding hydrogens is 292 g/mol. The van der Waals surface area contributed by atoms with Gasteiger partial charge >= 0.3 is 5.97 Å². The van der Waals surface area contributed by atoms with Crippen molar-refractivity contribution in [2.75, 3.05) is 26.7 Å². The van der Waals surface area contributed by atoms with E-state index in [2.05, 4.69) is 4.74 Å². The standard InChI is InChI=1S/C14H20N2O4S/c1-3-15(11-14(17)20-2)21(18,19)16-9-8-12-6-4-5-7-13(12)10-16/h4-7H,3,8-11H2,1-2H3. The lowest BCUT2D eigenvalue weighted by Crippen LogP contribution is -2.47. The average Bonchev–Trinajstić information content (AvgIpc) is 2.51. The van der Waals surface area contributed by atoms with E-state index in [0.717, 1.165) is 9.87 Å². The van der Waals surface area contributed by atoms with Crippen LogP contribution in [0.15, 0.2) is 24.3 Å². The number of carbonyl (C=O) groups excluding carboxylic acids is 1. The summed E-state index contributed by atoms with van der Waals surface area (Å²) < 4.78 is 32.4. The monoisotopic (exact) mass is 312 g/mol. The fourth-order valence-electron chi connectivity index (χ4n) is 2.40. The normalized spacial score (nSPS) is 15.8. The first kappa shape index (κ1) is 15.9. The van der Waals surface area contributed by atoms with Crippen molar-refractivity contribution in [2.45, 2.75) is 19.9 Å². The molecule has 0 aliphatic carbocycles. The van der Waals surface area contributed by atoms with Gasteiger partial charge in [0.1, 0.15) is 6.54 Å². The van der Waals surface area contributed by atoms with Crippen LogP contribution in [0, 0.1) is 0 Å². The quantitative estimate of drug-likeness (QED) is 0.754. The molecule has 0 bridgehead atoms. The van der Waals surface area contributed by atoms with E-state index < -0.39 is 16.2 Å². The Balaban J connectivity index is 2.18. The van der Waals surface area contributed by atoms with Crippen molar-refractivity contribution < 1.29 is 17.9 Å². The minimum absolute atomic E-state index is 0.232. The van der Waals surface area contributed by atoms with Gasteiger partial charge in [-0.2, -0.15) is 17.0 Å². The van der Waals surface area contributed by atoms with Crippen LogP contribution < -0.4 is 0 Å². The number of benzene rings is 1. The van der Waals surface area contributed by atoms with Gasteiger partial charge in [0, 0.05) is 19.6 Å². The summed E-state index contributed by atoms with van der Waals surface area (Å²) >= 11 is 0. The molecule has 0 unspecified atom stereocenters. The number of methoxy groups -OCH3 is 1. The SMILES string of the molecule is CCN(CC(=O)OC)S(=O)(=O)N1CCc2ccccc2C1. The first-order valence-electron chi connectivity index (χ1n) is 6.88. The van der Waals surface area contributed by atoms with E-state index >= 15 is 0 Å². The van der Waals surface area contributed by atoms with Crippen LogP contribution in [-0.4, -0.2) is 49.7 Å². The molecule has 0 spiro atoms. The highest BCUT2D eigenvalue weighted by molar-refractivity contribution is 7.86. The molecule has 0 amide bonds. The summed E-state index contributed by atoms with van der Waals surface area (Å²) in [6.45, 7) is 2.45. The van der Waals surface area contributed by atoms with E-state index in [1.54, 1.807) is 6.92 Å². The lowest BCUT2D eigenvalue weighted by Gasteiger charge is -2.32. The number of hydrogen-bond acceptors (Lipinski definition) is 4. The molecule has 1 aromatic rings. The van der Waals surface area contributed by atoms with Gasteiger partial charge in [-0.15, -0.1) is 0 Å². The Labute approximate surface area is 125 Å². The minimum Gasteiger partial charge on any atom is -0.468 e. The predicted molar refractivity (Wildman–Crippen MR) is 78.7 cm³/mol. The molecule has 6 nitrogen and oxygen atoms in total. The molecule has 116 valence electrons. The third-order valence-electron chi connectivity index (χ3n) is 3.63. The van der Waals surface area contributed by atoms with Crippen LogP contribution in [-0.2, 0) is 32.7 Å². The molecular formula is C14H20N2O4S. The molecule has 0 atom stereocenters. The van der Waals surface area contributed by atoms with Crippen molar-refractivity contribution in [1.82, 2.24) is 8.61 Å². The Hall–Kier alpha value is -1.44. The van der Waals surface area contributed by atoms with E-state index in [4.69, 9.17) is 0 Å². The van der Waals surface area contributed by atoms with Gasteiger partial charge in [0.15, 0.2) is 0 Å². The molecule has 21 heavy (non-hydrogen) atoms. The highest BCUT2D eigenvalue weighted by Gasteiger charge is 2.32. The molecule has 2 rings (SSSR count). The van der Waals surface area contributed by atoms with Gasteiger partial charge in [0.2, 0.25) is 0 Å². The Morgan fingerprint density at radius 2 is 2.00 bits per heavy atom. The Morgan fingerprint density at radius 1 is 1.33 bits per heavy atom. The van der Waals surface area contributed by atoms with Crippen molar-refractivity contribution in [3.05, 3.63) is 35.4 Å². The van der Waals surface area contributed by atoms with E-state index in [1.165, 1.54) is 17.0 Å². The predicted octanol–water partition coefficient (Wildman–Crippen LogP) is 0.784. The molecule has 0 aromatic heterocycles. The van der Waals surface area contributed by atoms with Crippen LogP contribution in [0.2, 0.25) is 0 Å². The lowest BCUT2D eigenvalue weighted by molar-refractivity contribution is -0.140. The summed E-state index contributed by atoms with van der Waals surface area (Å²) in [5.41, 5.74) is 2.20. The molecule has 0 radical (unpaired) electrons. The van der Waals surface area contributed by atoms with Crippen molar-refractivity contribution in [1.29, 1.82) is 0 Å². The van der Waals surface area contributed by atoms with Gasteiger partial charge in [-0.25, -0.2) is 0 Å². The second-order valence-corrected chi connectivity index (χ2v) is 6.79. The maximum Gasteiger partial charge on any atom is 0.321 e. The summed E-state index contributed by atoms with van der Waals surface area (Å²) in [5, 5.41) is 0. The molecule has 1 aliphatic rings. The summed E-state index contributed by atoms with van der Waals surface area (Å²) in [6.07, 6.45) is 0.686. The minimum atomic E-state index is -3.66. The zero-order valence-electron chi connectivity index (χ0n) is 12.3. The fourth-order valence-corrected chi connectivity index (χ4v) is 3.94. The van der Waals surface area contributed by atoms with Gasteiger partial charge in [-0.05, 0) is 17.5 Å². The van der Waals surface area contributed by atoms with E-state index in [1.807, 2.05) is 24.3 Å². The van der Waals surface area contributed by atoms with E-state index in [9.17, 15) is 13.2 Å². The summed E-state index contributed by atoms with van der Waals surface area (Å²) in [7, 11) is -2.41. The average molecular weight is 312 g/mol. The molecule has 0 fully saturated rings. The van der Waals surface area contributed by atoms with Gasteiger partial charge < -0.3 is 4.74 Å². The molecule has 1 heterocycles. The fraction of sp³-hybridized carbons (Fsp3) is 0.500. The second kappa shape index (κ2) is 6.55. The highest BCUT2D eigenvalue weighted by atomic mass is 32.2. The van der Waals surface area contributed by atoms with E-state index in [0.29, 0.717) is 19.5 Å². The molecule has 0 N–H and O–H groups in total. The van der Waals surface area contributed by atoms with Crippen molar-refractivity contribution in [3.63, 3.8) is 0 Å². The highest BCUT2D eigenvalue weighted by Crippen LogP contribution is 2.22. The zero-order chi connectivity index (χ0) is 15.5. The summed E-state index contributed by atoms with van der Waals surface area (Å²) in [4.78, 5) is 11.4. The first-order valence-corrected chi connectivity index (χ1v) is 8.27. The maximum absolute atomic E-state index is 12.6. The van der Waals surface area contributed by atoms with Gasteiger partial charge in [-0.3, -0.25) is 4.79 Å². The number of hydrogen-bond donors (Lipinski definition) is 0. The number of carbonyl (C=O) groups is 1. The molecule has 7 heteroatoms. The van der Waals surface area contributed by atoms with Crippen LogP contribution in [0.4, 0.5) is 0 Å². The van der Waals surface area contributed by atoms with Crippen LogP contribution in [0.25, 0.3) is 0 Å². The van der Waals surface area contributed by atoms with Gasteiger partial charge in [0.25, 0.3) is 10.2 Å². The smallest absolute Gasteiger partial charge is 0.321 e. The number of esters is 1. The van der Waals surface area contributed by atoms with Gasteiger partial charge in [0.05, 0.1) is 7.11 Å². The lowest BCUT2D eigenvalue weighted by atomic mass is 10.0. The molecule has 0 saturated heterocycles. The van der Waals surface area contributed by atoms with Crippen LogP contribution in [0.5, 0.6) is 0 Å². The number of nitrogens with zero attached hydrogens (tertiary/aromatic N) is 2. The number of ether oxygens (including phenoxy) is 1. The molecule has 1 aromatic carbocycles. The van der Waals surface area contributed by atoms with E-state index in [-0.39, 0.29) is 13.1 Å². The summed E-state index contributed by atoms with van der Waals surface area (Å²) in [5.74, 6) is -0.558. The molecule has 0 saturated carbocycles. The largest absolute Gasteiger partial charge is 0.468 e. The Morgan fingerprint density at radius 3 is 2.62 bits per heavy atom. The topological polar surface area (TPSA) is 66.9 Å². The third kappa shape index (κ3) is 3.42. The van der Waals surface area contributed by atoms with Crippen LogP contribution in [0.3, 0.4) is 0 Å². The van der Waals surface area contributed by atoms with Gasteiger partial charge in [-0.1, -0.05) is 31.2 Å². The number of rotatable bonds is 5. The van der Waals surface area contributed by atoms with Crippen molar-refractivity contribution in [2.24, 2.45) is 0 Å². The second-order valence-electron chi connectivity index (χ2n) is 4.86. The van der Waals surface area contributed by atoms with Crippen LogP contribution in [0.1, 0.15) is 18.1 Å². The summed E-state index contributed by atoms with van der Waals surface area (Å²) in [6, 6.07) is 7.82. The Kier molecular flexibility index (Phi) is 4.97. The van der Waals surface area contributed by atoms with Crippen LogP contribution >= 0.6 is 0 Å². The van der Waals surface area contributed by atoms with Crippen molar-refractivity contribution in [3.8, 4) is 0 Å². The first-order chi connectivity index (χ1) is 9.98. The number of likely N-dealkylation sites (N-methyl/N-ethyl adjacent to an activating group) is 1. The molecule has 1 aliphatic heterocycles. The number of fused-ring (bicyclic) bond motifs is 1.